The summed E-state index contributed by atoms with van der Waals surface area (Å²) in [5.41, 5.74) is -0.00261. The van der Waals surface area contributed by atoms with E-state index >= 15 is 0 Å². The van der Waals surface area contributed by atoms with Crippen molar-refractivity contribution >= 4 is 11.8 Å². The molecule has 2 heterocycles. The average molecular weight is 432 g/mol. The summed E-state index contributed by atoms with van der Waals surface area (Å²) in [5, 5.41) is 6.65. The molecular weight excluding hydrogens is 406 g/mol. The van der Waals surface area contributed by atoms with Crippen molar-refractivity contribution < 1.29 is 22.9 Å². The summed E-state index contributed by atoms with van der Waals surface area (Å²) < 4.78 is 32.2. The van der Waals surface area contributed by atoms with Gasteiger partial charge in [-0.3, -0.25) is 9.59 Å². The van der Waals surface area contributed by atoms with E-state index in [0.29, 0.717) is 13.0 Å². The maximum absolute atomic E-state index is 14.0. The van der Waals surface area contributed by atoms with Gasteiger partial charge in [-0.1, -0.05) is 5.16 Å². The zero-order chi connectivity index (χ0) is 22.1. The third-order valence-corrected chi connectivity index (χ3v) is 5.92. The second-order valence-electron chi connectivity index (χ2n) is 8.61. The number of piperidine rings is 1. The standard InChI is InChI=1S/C22H26F2N4O3/c1-27(2)22(30)16-12-28(11-13-3-4-13)8-7-18(16)25-21(29)19-10-20(31-26-19)15-6-5-14(23)9-17(15)24/h5-6,9-10,13,16,18H,3-4,7-8,11-12H2,1-2H3,(H,25,29)/t16-,18-/m0/s1. The molecule has 0 radical (unpaired) electrons. The van der Waals surface area contributed by atoms with Gasteiger partial charge in [-0.15, -0.1) is 0 Å². The van der Waals surface area contributed by atoms with Crippen LogP contribution in [0.25, 0.3) is 11.3 Å². The molecule has 4 rings (SSSR count). The molecule has 2 fully saturated rings. The Kier molecular flexibility index (Phi) is 6.04. The minimum absolute atomic E-state index is 0.0157. The second-order valence-corrected chi connectivity index (χ2v) is 8.61. The maximum Gasteiger partial charge on any atom is 0.273 e. The minimum atomic E-state index is -0.803. The molecule has 2 aliphatic rings. The van der Waals surface area contributed by atoms with E-state index in [1.807, 2.05) is 0 Å². The molecular formula is C22H26F2N4O3. The van der Waals surface area contributed by atoms with Crippen molar-refractivity contribution in [1.82, 2.24) is 20.3 Å². The molecule has 0 spiro atoms. The maximum atomic E-state index is 14.0. The highest BCUT2D eigenvalue weighted by atomic mass is 19.1. The summed E-state index contributed by atoms with van der Waals surface area (Å²) >= 11 is 0. The minimum Gasteiger partial charge on any atom is -0.355 e. The van der Waals surface area contributed by atoms with Crippen LogP contribution in [0.5, 0.6) is 0 Å². The number of hydrogen-bond donors (Lipinski definition) is 1. The fourth-order valence-corrected chi connectivity index (χ4v) is 4.05. The van der Waals surface area contributed by atoms with E-state index in [4.69, 9.17) is 4.52 Å². The molecule has 31 heavy (non-hydrogen) atoms. The van der Waals surface area contributed by atoms with E-state index in [-0.39, 0.29) is 34.9 Å². The molecule has 0 unspecified atom stereocenters. The number of nitrogens with zero attached hydrogens (tertiary/aromatic N) is 3. The van der Waals surface area contributed by atoms with Crippen molar-refractivity contribution in [2.24, 2.45) is 11.8 Å². The van der Waals surface area contributed by atoms with Crippen molar-refractivity contribution in [3.05, 3.63) is 41.6 Å². The topological polar surface area (TPSA) is 78.7 Å². The van der Waals surface area contributed by atoms with Gasteiger partial charge in [0.2, 0.25) is 5.91 Å². The molecule has 166 valence electrons. The Balaban J connectivity index is 1.46. The summed E-state index contributed by atoms with van der Waals surface area (Å²) in [5.74, 6) is -1.63. The van der Waals surface area contributed by atoms with E-state index in [1.165, 1.54) is 25.0 Å². The Morgan fingerprint density at radius 2 is 2.00 bits per heavy atom. The van der Waals surface area contributed by atoms with Gasteiger partial charge in [0.1, 0.15) is 11.6 Å². The number of amides is 2. The molecule has 1 saturated heterocycles. The van der Waals surface area contributed by atoms with E-state index < -0.39 is 17.5 Å². The summed E-state index contributed by atoms with van der Waals surface area (Å²) in [7, 11) is 3.42. The number of nitrogens with one attached hydrogen (secondary N) is 1. The van der Waals surface area contributed by atoms with E-state index in [0.717, 1.165) is 31.1 Å². The number of halogens is 2. The Morgan fingerprint density at radius 3 is 2.68 bits per heavy atom. The summed E-state index contributed by atoms with van der Waals surface area (Å²) in [6.45, 7) is 2.40. The smallest absolute Gasteiger partial charge is 0.273 e. The van der Waals surface area contributed by atoms with Crippen LogP contribution in [0.3, 0.4) is 0 Å². The molecule has 2 aromatic rings. The molecule has 1 aliphatic heterocycles. The lowest BCUT2D eigenvalue weighted by Gasteiger charge is -2.39. The molecule has 1 aromatic carbocycles. The molecule has 2 atom stereocenters. The number of likely N-dealkylation sites (tertiary alicyclic amines) is 1. The van der Waals surface area contributed by atoms with Gasteiger partial charge in [0.25, 0.3) is 5.91 Å². The fraction of sp³-hybridized carbons (Fsp3) is 0.500. The third kappa shape index (κ3) is 4.92. The first kappa shape index (κ1) is 21.4. The number of hydrogen-bond acceptors (Lipinski definition) is 5. The van der Waals surface area contributed by atoms with Crippen molar-refractivity contribution in [2.45, 2.75) is 25.3 Å². The summed E-state index contributed by atoms with van der Waals surface area (Å²) in [6, 6.07) is 4.06. The van der Waals surface area contributed by atoms with Crippen LogP contribution < -0.4 is 5.32 Å². The van der Waals surface area contributed by atoms with Crippen molar-refractivity contribution in [3.8, 4) is 11.3 Å². The molecule has 1 N–H and O–H groups in total. The highest BCUT2D eigenvalue weighted by Gasteiger charge is 2.38. The molecule has 1 aromatic heterocycles. The Hall–Kier alpha value is -2.81. The third-order valence-electron chi connectivity index (χ3n) is 5.92. The van der Waals surface area contributed by atoms with Gasteiger partial charge in [0.05, 0.1) is 11.5 Å². The van der Waals surface area contributed by atoms with E-state index in [1.54, 1.807) is 19.0 Å². The highest BCUT2D eigenvalue weighted by molar-refractivity contribution is 5.94. The van der Waals surface area contributed by atoms with Gasteiger partial charge < -0.3 is 19.6 Å². The summed E-state index contributed by atoms with van der Waals surface area (Å²) in [4.78, 5) is 29.4. The van der Waals surface area contributed by atoms with Gasteiger partial charge in [0.15, 0.2) is 11.5 Å². The Bertz CT molecular complexity index is 973. The number of carbonyl (C=O) groups excluding carboxylic acids is 2. The van der Waals surface area contributed by atoms with Gasteiger partial charge in [-0.05, 0) is 37.3 Å². The van der Waals surface area contributed by atoms with E-state index in [9.17, 15) is 18.4 Å². The fourth-order valence-electron chi connectivity index (χ4n) is 4.05. The predicted octanol–water partition coefficient (Wildman–Crippen LogP) is 2.54. The lowest BCUT2D eigenvalue weighted by molar-refractivity contribution is -0.135. The van der Waals surface area contributed by atoms with Crippen LogP contribution in [0, 0.1) is 23.5 Å². The van der Waals surface area contributed by atoms with Crippen LogP contribution >= 0.6 is 0 Å². The first-order chi connectivity index (χ1) is 14.8. The van der Waals surface area contributed by atoms with Crippen LogP contribution in [0.1, 0.15) is 29.8 Å². The highest BCUT2D eigenvalue weighted by Crippen LogP contribution is 2.31. The SMILES string of the molecule is CN(C)C(=O)[C@H]1CN(CC2CC2)CC[C@@H]1NC(=O)c1cc(-c2ccc(F)cc2F)on1. The van der Waals surface area contributed by atoms with Gasteiger partial charge in [-0.2, -0.15) is 0 Å². The van der Waals surface area contributed by atoms with Crippen LogP contribution in [0.4, 0.5) is 8.78 Å². The molecule has 1 saturated carbocycles. The molecule has 0 bridgehead atoms. The number of aromatic nitrogens is 1. The monoisotopic (exact) mass is 432 g/mol. The molecule has 2 amide bonds. The normalized spacial score (nSPS) is 21.7. The quantitative estimate of drug-likeness (QED) is 0.759. The lowest BCUT2D eigenvalue weighted by Crippen LogP contribution is -2.56. The van der Waals surface area contributed by atoms with Gasteiger partial charge in [-0.25, -0.2) is 8.78 Å². The molecule has 7 nitrogen and oxygen atoms in total. The molecule has 1 aliphatic carbocycles. The van der Waals surface area contributed by atoms with Crippen LogP contribution in [0.2, 0.25) is 0 Å². The largest absolute Gasteiger partial charge is 0.355 e. The van der Waals surface area contributed by atoms with Crippen LogP contribution in [-0.4, -0.2) is 66.5 Å². The Labute approximate surface area is 179 Å². The van der Waals surface area contributed by atoms with Crippen molar-refractivity contribution in [2.75, 3.05) is 33.7 Å². The zero-order valence-corrected chi connectivity index (χ0v) is 17.6. The van der Waals surface area contributed by atoms with Crippen LogP contribution in [0.15, 0.2) is 28.8 Å². The molecule has 9 heteroatoms. The number of benzene rings is 1. The van der Waals surface area contributed by atoms with E-state index in [2.05, 4.69) is 15.4 Å². The zero-order valence-electron chi connectivity index (χ0n) is 17.6. The summed E-state index contributed by atoms with van der Waals surface area (Å²) in [6.07, 6.45) is 3.14. The number of rotatable bonds is 6. The predicted molar refractivity (Wildman–Crippen MR) is 109 cm³/mol. The average Bonchev–Trinajstić information content (AvgIpc) is 3.40. The first-order valence-electron chi connectivity index (χ1n) is 10.5. The van der Waals surface area contributed by atoms with Crippen LogP contribution in [-0.2, 0) is 4.79 Å². The number of carbonyl (C=O) groups is 2. The van der Waals surface area contributed by atoms with Crippen molar-refractivity contribution in [1.29, 1.82) is 0 Å². The first-order valence-corrected chi connectivity index (χ1v) is 10.5. The van der Waals surface area contributed by atoms with Gasteiger partial charge in [0, 0.05) is 51.9 Å². The second kappa shape index (κ2) is 8.74. The van der Waals surface area contributed by atoms with Gasteiger partial charge >= 0.3 is 0 Å². The van der Waals surface area contributed by atoms with Crippen molar-refractivity contribution in [3.63, 3.8) is 0 Å². The Morgan fingerprint density at radius 1 is 1.23 bits per heavy atom. The lowest BCUT2D eigenvalue weighted by atomic mass is 9.90.